The van der Waals surface area contributed by atoms with Crippen molar-refractivity contribution in [1.82, 2.24) is 4.90 Å². The van der Waals surface area contributed by atoms with Gasteiger partial charge in [0.25, 0.3) is 0 Å². The lowest BCUT2D eigenvalue weighted by atomic mass is 10.1. The van der Waals surface area contributed by atoms with E-state index >= 15 is 0 Å². The normalized spacial score (nSPS) is 15.9. The lowest BCUT2D eigenvalue weighted by molar-refractivity contribution is 0.1000. The zero-order valence-corrected chi connectivity index (χ0v) is 13.9. The molecule has 0 bridgehead atoms. The molecule has 24 heavy (non-hydrogen) atoms. The molecule has 126 valence electrons. The number of ether oxygens (including phenoxy) is 1. The number of nitrogens with two attached hydrogens (primary N) is 1. The van der Waals surface area contributed by atoms with Crippen LogP contribution in [0.4, 0.5) is 5.69 Å². The van der Waals surface area contributed by atoms with Crippen LogP contribution in [0, 0.1) is 0 Å². The van der Waals surface area contributed by atoms with Crippen LogP contribution in [0.25, 0.3) is 0 Å². The van der Waals surface area contributed by atoms with Crippen molar-refractivity contribution < 1.29 is 9.53 Å². The molecule has 1 aliphatic rings. The molecule has 1 amide bonds. The van der Waals surface area contributed by atoms with Crippen LogP contribution in [-0.2, 0) is 0 Å². The zero-order chi connectivity index (χ0) is 16.9. The third-order valence-corrected chi connectivity index (χ3v) is 4.30. The Labute approximate surface area is 142 Å². The second-order valence-corrected chi connectivity index (χ2v) is 6.24. The lowest BCUT2D eigenvalue weighted by Crippen LogP contribution is -2.36. The Morgan fingerprint density at radius 1 is 1.12 bits per heavy atom. The Morgan fingerprint density at radius 3 is 2.50 bits per heavy atom. The third-order valence-electron chi connectivity index (χ3n) is 4.30. The summed E-state index contributed by atoms with van der Waals surface area (Å²) in [6.07, 6.45) is 2.32. The van der Waals surface area contributed by atoms with E-state index in [1.165, 1.54) is 0 Å². The van der Waals surface area contributed by atoms with E-state index in [4.69, 9.17) is 10.5 Å². The van der Waals surface area contributed by atoms with Gasteiger partial charge in [0.05, 0.1) is 0 Å². The van der Waals surface area contributed by atoms with Crippen molar-refractivity contribution in [1.29, 1.82) is 0 Å². The molecule has 5 nitrogen and oxygen atoms in total. The molecule has 2 aromatic carbocycles. The van der Waals surface area contributed by atoms with Crippen molar-refractivity contribution in [3.63, 3.8) is 0 Å². The second kappa shape index (κ2) is 7.36. The van der Waals surface area contributed by atoms with Crippen LogP contribution < -0.4 is 15.8 Å². The Balaban J connectivity index is 1.60. The standard InChI is InChI=1S/C19H23N3O2/c1-22-11-9-16(10-12-22)21-15-5-7-17(8-6-15)24-18-4-2-3-14(13-18)19(20)23/h2-8,13,16,21H,9-12H2,1H3,(H2,20,23). The van der Waals surface area contributed by atoms with E-state index < -0.39 is 5.91 Å². The number of anilines is 1. The van der Waals surface area contributed by atoms with Crippen LogP contribution in [0.15, 0.2) is 48.5 Å². The number of rotatable bonds is 5. The number of benzene rings is 2. The van der Waals surface area contributed by atoms with Gasteiger partial charge < -0.3 is 20.7 Å². The maximum absolute atomic E-state index is 11.2. The fraction of sp³-hybridized carbons (Fsp3) is 0.316. The molecule has 1 aliphatic heterocycles. The number of piperidine rings is 1. The summed E-state index contributed by atoms with van der Waals surface area (Å²) in [5, 5.41) is 3.57. The molecule has 1 heterocycles. The first-order valence-corrected chi connectivity index (χ1v) is 8.23. The molecular formula is C19H23N3O2. The molecule has 0 aromatic heterocycles. The fourth-order valence-electron chi connectivity index (χ4n) is 2.86. The molecule has 0 spiro atoms. The Kier molecular flexibility index (Phi) is 5.01. The highest BCUT2D eigenvalue weighted by Gasteiger charge is 2.16. The first-order valence-electron chi connectivity index (χ1n) is 8.23. The molecule has 0 unspecified atom stereocenters. The SMILES string of the molecule is CN1CCC(Nc2ccc(Oc3cccc(C(N)=O)c3)cc2)CC1. The smallest absolute Gasteiger partial charge is 0.248 e. The van der Waals surface area contributed by atoms with Gasteiger partial charge in [0.15, 0.2) is 0 Å². The molecule has 0 radical (unpaired) electrons. The summed E-state index contributed by atoms with van der Waals surface area (Å²) in [4.78, 5) is 13.6. The maximum Gasteiger partial charge on any atom is 0.248 e. The molecule has 1 saturated heterocycles. The average molecular weight is 325 g/mol. The second-order valence-electron chi connectivity index (χ2n) is 6.24. The van der Waals surface area contributed by atoms with Crippen molar-refractivity contribution in [2.75, 3.05) is 25.5 Å². The van der Waals surface area contributed by atoms with E-state index in [0.717, 1.165) is 37.4 Å². The van der Waals surface area contributed by atoms with E-state index in [-0.39, 0.29) is 0 Å². The topological polar surface area (TPSA) is 67.6 Å². The zero-order valence-electron chi connectivity index (χ0n) is 13.9. The molecular weight excluding hydrogens is 302 g/mol. The largest absolute Gasteiger partial charge is 0.457 e. The number of carbonyl (C=O) groups excluding carboxylic acids is 1. The number of hydrogen-bond acceptors (Lipinski definition) is 4. The highest BCUT2D eigenvalue weighted by molar-refractivity contribution is 5.93. The van der Waals surface area contributed by atoms with E-state index in [1.54, 1.807) is 24.3 Å². The molecule has 0 saturated carbocycles. The van der Waals surface area contributed by atoms with Crippen molar-refractivity contribution in [3.05, 3.63) is 54.1 Å². The molecule has 0 atom stereocenters. The summed E-state index contributed by atoms with van der Waals surface area (Å²) in [5.74, 6) is 0.867. The summed E-state index contributed by atoms with van der Waals surface area (Å²) in [7, 11) is 2.16. The number of nitrogens with one attached hydrogen (secondary N) is 1. The highest BCUT2D eigenvalue weighted by atomic mass is 16.5. The van der Waals surface area contributed by atoms with E-state index in [9.17, 15) is 4.79 Å². The number of carbonyl (C=O) groups is 1. The molecule has 5 heteroatoms. The predicted molar refractivity (Wildman–Crippen MR) is 95.6 cm³/mol. The summed E-state index contributed by atoms with van der Waals surface area (Å²) < 4.78 is 5.79. The minimum absolute atomic E-state index is 0.438. The molecule has 1 fully saturated rings. The number of primary amides is 1. The van der Waals surface area contributed by atoms with Gasteiger partial charge in [-0.1, -0.05) is 6.07 Å². The molecule has 3 N–H and O–H groups in total. The average Bonchev–Trinajstić information content (AvgIpc) is 2.59. The molecule has 2 aromatic rings. The number of amides is 1. The minimum Gasteiger partial charge on any atom is -0.457 e. The summed E-state index contributed by atoms with van der Waals surface area (Å²) in [6, 6.07) is 15.3. The monoisotopic (exact) mass is 325 g/mol. The summed E-state index contributed by atoms with van der Waals surface area (Å²) in [6.45, 7) is 2.27. The van der Waals surface area contributed by atoms with Gasteiger partial charge in [-0.2, -0.15) is 0 Å². The highest BCUT2D eigenvalue weighted by Crippen LogP contribution is 2.24. The van der Waals surface area contributed by atoms with Gasteiger partial charge in [0.2, 0.25) is 5.91 Å². The minimum atomic E-state index is -0.460. The first-order chi connectivity index (χ1) is 11.6. The van der Waals surface area contributed by atoms with Gasteiger partial charge in [-0.25, -0.2) is 0 Å². The van der Waals surface area contributed by atoms with Gasteiger partial charge in [-0.15, -0.1) is 0 Å². The number of hydrogen-bond donors (Lipinski definition) is 2. The Morgan fingerprint density at radius 2 is 1.83 bits per heavy atom. The Hall–Kier alpha value is -2.53. The van der Waals surface area contributed by atoms with Crippen molar-refractivity contribution >= 4 is 11.6 Å². The van der Waals surface area contributed by atoms with Crippen LogP contribution in [0.2, 0.25) is 0 Å². The van der Waals surface area contributed by atoms with Gasteiger partial charge in [0.1, 0.15) is 11.5 Å². The fourth-order valence-corrected chi connectivity index (χ4v) is 2.86. The number of likely N-dealkylation sites (tertiary alicyclic amines) is 1. The molecule has 3 rings (SSSR count). The van der Waals surface area contributed by atoms with Crippen LogP contribution >= 0.6 is 0 Å². The van der Waals surface area contributed by atoms with E-state index in [0.29, 0.717) is 17.4 Å². The number of nitrogens with zero attached hydrogens (tertiary/aromatic N) is 1. The Bertz CT molecular complexity index is 692. The van der Waals surface area contributed by atoms with E-state index in [1.807, 2.05) is 24.3 Å². The van der Waals surface area contributed by atoms with Gasteiger partial charge in [0, 0.05) is 17.3 Å². The maximum atomic E-state index is 11.2. The van der Waals surface area contributed by atoms with Crippen molar-refractivity contribution in [2.45, 2.75) is 18.9 Å². The van der Waals surface area contributed by atoms with E-state index in [2.05, 4.69) is 17.3 Å². The summed E-state index contributed by atoms with van der Waals surface area (Å²) >= 11 is 0. The van der Waals surface area contributed by atoms with Crippen molar-refractivity contribution in [3.8, 4) is 11.5 Å². The van der Waals surface area contributed by atoms with Crippen LogP contribution in [0.3, 0.4) is 0 Å². The van der Waals surface area contributed by atoms with Gasteiger partial charge in [-0.05, 0) is 75.4 Å². The van der Waals surface area contributed by atoms with Crippen LogP contribution in [0.1, 0.15) is 23.2 Å². The lowest BCUT2D eigenvalue weighted by Gasteiger charge is -2.30. The first kappa shape index (κ1) is 16.3. The quantitative estimate of drug-likeness (QED) is 0.886. The predicted octanol–water partition coefficient (Wildman–Crippen LogP) is 3.08. The summed E-state index contributed by atoms with van der Waals surface area (Å²) in [5.41, 5.74) is 6.83. The van der Waals surface area contributed by atoms with Crippen LogP contribution in [-0.4, -0.2) is 37.0 Å². The molecule has 0 aliphatic carbocycles. The van der Waals surface area contributed by atoms with Crippen LogP contribution in [0.5, 0.6) is 11.5 Å². The van der Waals surface area contributed by atoms with Gasteiger partial charge >= 0.3 is 0 Å². The van der Waals surface area contributed by atoms with Gasteiger partial charge in [-0.3, -0.25) is 4.79 Å². The van der Waals surface area contributed by atoms with Crippen molar-refractivity contribution in [2.24, 2.45) is 5.73 Å². The third kappa shape index (κ3) is 4.26.